The summed E-state index contributed by atoms with van der Waals surface area (Å²) >= 11 is 0. The number of aromatic nitrogens is 3. The molecular weight excluding hydrogens is 466 g/mol. The number of amides is 1. The van der Waals surface area contributed by atoms with Gasteiger partial charge in [0, 0.05) is 41.6 Å². The molecule has 0 aliphatic rings. The number of nitrogens with one attached hydrogen (secondary N) is 1. The van der Waals surface area contributed by atoms with E-state index in [9.17, 15) is 18.4 Å². The van der Waals surface area contributed by atoms with E-state index in [0.717, 1.165) is 6.07 Å². The number of halogens is 2. The zero-order chi connectivity index (χ0) is 25.2. The molecule has 5 aromatic rings. The number of carbonyl (C=O) groups is 1. The Kier molecular flexibility index (Phi) is 5.95. The molecule has 0 bridgehead atoms. The van der Waals surface area contributed by atoms with Crippen molar-refractivity contribution in [2.75, 3.05) is 5.32 Å². The van der Waals surface area contributed by atoms with Gasteiger partial charge in [0.25, 0.3) is 11.5 Å². The maximum atomic E-state index is 14.8. The van der Waals surface area contributed by atoms with E-state index in [1.807, 2.05) is 0 Å². The van der Waals surface area contributed by atoms with E-state index in [4.69, 9.17) is 4.74 Å². The quantitative estimate of drug-likeness (QED) is 0.360. The summed E-state index contributed by atoms with van der Waals surface area (Å²) in [5, 5.41) is 2.54. The van der Waals surface area contributed by atoms with E-state index < -0.39 is 23.1 Å². The lowest BCUT2D eigenvalue weighted by Crippen LogP contribution is -2.29. The molecule has 0 aliphatic carbocycles. The Morgan fingerprint density at radius 3 is 2.50 bits per heavy atom. The lowest BCUT2D eigenvalue weighted by molar-refractivity contribution is 0.102. The van der Waals surface area contributed by atoms with Gasteiger partial charge in [0.05, 0.1) is 5.52 Å². The van der Waals surface area contributed by atoms with Gasteiger partial charge in [-0.15, -0.1) is 0 Å². The van der Waals surface area contributed by atoms with Gasteiger partial charge in [-0.2, -0.15) is 0 Å². The van der Waals surface area contributed by atoms with Gasteiger partial charge >= 0.3 is 0 Å². The summed E-state index contributed by atoms with van der Waals surface area (Å²) in [6, 6.07) is 17.3. The number of aryl methyl sites for hydroxylation is 1. The Hall–Kier alpha value is -4.92. The Balaban J connectivity index is 1.39. The Morgan fingerprint density at radius 1 is 0.917 bits per heavy atom. The maximum Gasteiger partial charge on any atom is 0.268 e. The largest absolute Gasteiger partial charge is 0.452 e. The molecule has 0 saturated heterocycles. The molecule has 9 heteroatoms. The fourth-order valence-electron chi connectivity index (χ4n) is 3.73. The van der Waals surface area contributed by atoms with Crippen molar-refractivity contribution in [3.63, 3.8) is 0 Å². The highest BCUT2D eigenvalue weighted by Crippen LogP contribution is 2.30. The molecule has 0 fully saturated rings. The van der Waals surface area contributed by atoms with Crippen molar-refractivity contribution in [1.82, 2.24) is 14.5 Å². The average molecular weight is 484 g/mol. The number of anilines is 1. The van der Waals surface area contributed by atoms with Crippen LogP contribution < -0.4 is 15.6 Å². The summed E-state index contributed by atoms with van der Waals surface area (Å²) in [5.41, 5.74) is 1.46. The SMILES string of the molecule is Cc1ccc(C(=O)Nc2ccc(Oc3ccnc4cccnc34)c(F)c2)c(=O)n1-c1ccc(F)cc1. The predicted molar refractivity (Wildman–Crippen MR) is 131 cm³/mol. The molecule has 0 unspecified atom stereocenters. The predicted octanol–water partition coefficient (Wildman–Crippen LogP) is 5.41. The van der Waals surface area contributed by atoms with Crippen LogP contribution in [0.1, 0.15) is 16.1 Å². The third-order valence-electron chi connectivity index (χ3n) is 5.48. The molecule has 0 radical (unpaired) electrons. The highest BCUT2D eigenvalue weighted by Gasteiger charge is 2.17. The monoisotopic (exact) mass is 484 g/mol. The number of benzene rings is 2. The molecule has 5 rings (SSSR count). The molecule has 7 nitrogen and oxygen atoms in total. The van der Waals surface area contributed by atoms with Crippen LogP contribution >= 0.6 is 0 Å². The number of hydrogen-bond donors (Lipinski definition) is 1. The second kappa shape index (κ2) is 9.38. The van der Waals surface area contributed by atoms with Crippen LogP contribution in [0.3, 0.4) is 0 Å². The summed E-state index contributed by atoms with van der Waals surface area (Å²) in [6.45, 7) is 1.70. The highest BCUT2D eigenvalue weighted by molar-refractivity contribution is 6.04. The van der Waals surface area contributed by atoms with Crippen molar-refractivity contribution in [2.45, 2.75) is 6.92 Å². The summed E-state index contributed by atoms with van der Waals surface area (Å²) in [5.74, 6) is -1.62. The second-order valence-corrected chi connectivity index (χ2v) is 7.89. The molecule has 0 saturated carbocycles. The standard InChI is InChI=1S/C27H18F2N4O3/c1-16-4-10-20(27(35)33(16)19-8-5-17(28)6-9-19)26(34)32-18-7-11-23(21(29)15-18)36-24-12-14-30-22-3-2-13-31-25(22)24/h2-15H,1H3,(H,32,34). The molecule has 3 aromatic heterocycles. The van der Waals surface area contributed by atoms with Crippen molar-refractivity contribution < 1.29 is 18.3 Å². The number of hydrogen-bond acceptors (Lipinski definition) is 5. The Bertz CT molecular complexity index is 1660. The Labute approximate surface area is 203 Å². The van der Waals surface area contributed by atoms with Crippen LogP contribution in [-0.4, -0.2) is 20.4 Å². The van der Waals surface area contributed by atoms with Crippen molar-refractivity contribution in [1.29, 1.82) is 0 Å². The number of ether oxygens (including phenoxy) is 1. The first-order valence-electron chi connectivity index (χ1n) is 10.9. The fraction of sp³-hybridized carbons (Fsp3) is 0.0370. The van der Waals surface area contributed by atoms with Gasteiger partial charge in [-0.25, -0.2) is 8.78 Å². The van der Waals surface area contributed by atoms with Crippen molar-refractivity contribution >= 4 is 22.6 Å². The number of pyridine rings is 3. The summed E-state index contributed by atoms with van der Waals surface area (Å²) in [6.07, 6.45) is 3.12. The van der Waals surface area contributed by atoms with Gasteiger partial charge < -0.3 is 10.1 Å². The minimum atomic E-state index is -0.721. The molecular formula is C27H18F2N4O3. The van der Waals surface area contributed by atoms with Gasteiger partial charge in [-0.3, -0.25) is 24.1 Å². The topological polar surface area (TPSA) is 86.1 Å². The van der Waals surface area contributed by atoms with Gasteiger partial charge in [0.1, 0.15) is 16.9 Å². The molecule has 0 atom stereocenters. The summed E-state index contributed by atoms with van der Waals surface area (Å²) in [7, 11) is 0. The van der Waals surface area contributed by atoms with Crippen molar-refractivity contribution in [2.24, 2.45) is 0 Å². The maximum absolute atomic E-state index is 14.8. The third-order valence-corrected chi connectivity index (χ3v) is 5.48. The average Bonchev–Trinajstić information content (AvgIpc) is 2.87. The summed E-state index contributed by atoms with van der Waals surface area (Å²) in [4.78, 5) is 34.3. The van der Waals surface area contributed by atoms with Crippen LogP contribution in [-0.2, 0) is 0 Å². The van der Waals surface area contributed by atoms with Crippen LogP contribution in [0.4, 0.5) is 14.5 Å². The number of carbonyl (C=O) groups excluding carboxylic acids is 1. The highest BCUT2D eigenvalue weighted by atomic mass is 19.1. The minimum Gasteiger partial charge on any atom is -0.452 e. The third kappa shape index (κ3) is 4.41. The first kappa shape index (κ1) is 22.9. The zero-order valence-electron chi connectivity index (χ0n) is 18.9. The van der Waals surface area contributed by atoms with E-state index in [1.54, 1.807) is 37.4 Å². The molecule has 36 heavy (non-hydrogen) atoms. The van der Waals surface area contributed by atoms with Crippen LogP contribution in [0.2, 0.25) is 0 Å². The van der Waals surface area contributed by atoms with E-state index in [1.165, 1.54) is 53.2 Å². The minimum absolute atomic E-state index is 0.0693. The molecule has 1 N–H and O–H groups in total. The van der Waals surface area contributed by atoms with Crippen molar-refractivity contribution in [3.8, 4) is 17.2 Å². The summed E-state index contributed by atoms with van der Waals surface area (Å²) < 4.78 is 35.1. The number of rotatable bonds is 5. The van der Waals surface area contributed by atoms with E-state index in [-0.39, 0.29) is 17.0 Å². The normalized spacial score (nSPS) is 10.9. The van der Waals surface area contributed by atoms with Crippen molar-refractivity contribution in [3.05, 3.63) is 118 Å². The molecule has 178 valence electrons. The number of nitrogens with zero attached hydrogens (tertiary/aromatic N) is 3. The number of fused-ring (bicyclic) bond motifs is 1. The Morgan fingerprint density at radius 2 is 1.72 bits per heavy atom. The zero-order valence-corrected chi connectivity index (χ0v) is 18.9. The lowest BCUT2D eigenvalue weighted by Gasteiger charge is -2.13. The first-order valence-corrected chi connectivity index (χ1v) is 10.9. The van der Waals surface area contributed by atoms with Gasteiger partial charge in [-0.05, 0) is 67.6 Å². The van der Waals surface area contributed by atoms with E-state index in [2.05, 4.69) is 15.3 Å². The molecule has 3 heterocycles. The smallest absolute Gasteiger partial charge is 0.268 e. The van der Waals surface area contributed by atoms with Crippen LogP contribution in [0, 0.1) is 18.6 Å². The second-order valence-electron chi connectivity index (χ2n) is 7.89. The van der Waals surface area contributed by atoms with E-state index >= 15 is 0 Å². The van der Waals surface area contributed by atoms with Crippen LogP contribution in [0.25, 0.3) is 16.7 Å². The van der Waals surface area contributed by atoms with Crippen LogP contribution in [0.15, 0.2) is 90.0 Å². The van der Waals surface area contributed by atoms with Crippen LogP contribution in [0.5, 0.6) is 11.5 Å². The molecule has 0 aliphatic heterocycles. The van der Waals surface area contributed by atoms with Gasteiger partial charge in [-0.1, -0.05) is 0 Å². The lowest BCUT2D eigenvalue weighted by atomic mass is 10.2. The first-order chi connectivity index (χ1) is 17.4. The fourth-order valence-corrected chi connectivity index (χ4v) is 3.73. The molecule has 1 amide bonds. The van der Waals surface area contributed by atoms with Gasteiger partial charge in [0.15, 0.2) is 17.3 Å². The molecule has 0 spiro atoms. The van der Waals surface area contributed by atoms with Gasteiger partial charge in [0.2, 0.25) is 0 Å². The van der Waals surface area contributed by atoms with E-state index in [0.29, 0.717) is 28.2 Å². The molecule has 2 aromatic carbocycles.